The van der Waals surface area contributed by atoms with Crippen LogP contribution in [0.1, 0.15) is 40.3 Å². The first-order valence-electron chi connectivity index (χ1n) is 10.1. The Morgan fingerprint density at radius 3 is 2.50 bits per heavy atom. The van der Waals surface area contributed by atoms with Gasteiger partial charge in [0.25, 0.3) is 0 Å². The van der Waals surface area contributed by atoms with Crippen molar-refractivity contribution in [3.05, 3.63) is 11.0 Å². The van der Waals surface area contributed by atoms with Crippen LogP contribution in [-0.4, -0.2) is 68.9 Å². The predicted molar refractivity (Wildman–Crippen MR) is 113 cm³/mol. The van der Waals surface area contributed by atoms with Crippen LogP contribution in [0.2, 0.25) is 0 Å². The second-order valence-corrected chi connectivity index (χ2v) is 7.54. The molecule has 32 heavy (non-hydrogen) atoms. The lowest BCUT2D eigenvalue weighted by molar-refractivity contribution is -0.166. The fourth-order valence-electron chi connectivity index (χ4n) is 3.44. The molecule has 0 bridgehead atoms. The van der Waals surface area contributed by atoms with Gasteiger partial charge in [-0.25, -0.2) is 9.97 Å². The number of rotatable bonds is 8. The zero-order chi connectivity index (χ0) is 23.4. The number of aromatic amines is 1. The Morgan fingerprint density at radius 1 is 1.19 bits per heavy atom. The number of hydrogen-bond acceptors (Lipinski definition) is 11. The summed E-state index contributed by atoms with van der Waals surface area (Å²) in [5.41, 5.74) is 0.888. The predicted octanol–water partition coefficient (Wildman–Crippen LogP) is 1.63. The minimum Gasteiger partial charge on any atom is -0.463 e. The highest BCUT2D eigenvalue weighted by atomic mass is 32.1. The number of carbonyl (C=O) groups excluding carboxylic acids is 3. The average molecular weight is 468 g/mol. The molecule has 2 aromatic rings. The maximum atomic E-state index is 11.9. The summed E-state index contributed by atoms with van der Waals surface area (Å²) >= 11 is 5.30. The van der Waals surface area contributed by atoms with E-state index in [1.807, 2.05) is 6.92 Å². The van der Waals surface area contributed by atoms with Crippen LogP contribution in [0.4, 0.5) is 5.95 Å². The van der Waals surface area contributed by atoms with Gasteiger partial charge in [-0.05, 0) is 6.42 Å². The van der Waals surface area contributed by atoms with E-state index in [1.54, 1.807) is 4.57 Å². The molecule has 1 aliphatic rings. The third kappa shape index (κ3) is 5.05. The zero-order valence-corrected chi connectivity index (χ0v) is 18.9. The van der Waals surface area contributed by atoms with Gasteiger partial charge >= 0.3 is 17.9 Å². The molecule has 12 nitrogen and oxygen atoms in total. The van der Waals surface area contributed by atoms with E-state index in [0.717, 1.165) is 6.42 Å². The molecule has 0 spiro atoms. The molecule has 3 rings (SSSR count). The molecule has 1 fully saturated rings. The third-order valence-electron chi connectivity index (χ3n) is 4.62. The van der Waals surface area contributed by atoms with Gasteiger partial charge in [-0.2, -0.15) is 0 Å². The first kappa shape index (κ1) is 23.6. The summed E-state index contributed by atoms with van der Waals surface area (Å²) < 4.78 is 24.1. The van der Waals surface area contributed by atoms with E-state index < -0.39 is 42.4 Å². The van der Waals surface area contributed by atoms with Crippen LogP contribution in [0, 0.1) is 4.64 Å². The molecule has 0 amide bonds. The van der Waals surface area contributed by atoms with Crippen LogP contribution in [-0.2, 0) is 33.3 Å². The lowest BCUT2D eigenvalue weighted by Gasteiger charge is -2.24. The zero-order valence-electron chi connectivity index (χ0n) is 18.1. The molecule has 13 heteroatoms. The Balaban J connectivity index is 2.12. The van der Waals surface area contributed by atoms with Gasteiger partial charge in [-0.15, -0.1) is 0 Å². The minimum atomic E-state index is -1.05. The number of carbonyl (C=O) groups is 3. The van der Waals surface area contributed by atoms with Crippen LogP contribution in [0.3, 0.4) is 0 Å². The summed E-state index contributed by atoms with van der Waals surface area (Å²) in [6.07, 6.45) is -1.70. The van der Waals surface area contributed by atoms with Crippen LogP contribution in [0.5, 0.6) is 0 Å². The summed E-state index contributed by atoms with van der Waals surface area (Å²) in [5.74, 6) is -1.34. The van der Waals surface area contributed by atoms with Gasteiger partial charge < -0.3 is 29.2 Å². The third-order valence-corrected chi connectivity index (χ3v) is 4.92. The molecule has 0 aliphatic carbocycles. The van der Waals surface area contributed by atoms with Crippen molar-refractivity contribution in [1.82, 2.24) is 19.5 Å². The number of ether oxygens (including phenoxy) is 4. The lowest BCUT2D eigenvalue weighted by atomic mass is 10.1. The maximum Gasteiger partial charge on any atom is 0.303 e. The van der Waals surface area contributed by atoms with Crippen LogP contribution < -0.4 is 5.32 Å². The number of nitrogens with zero attached hydrogens (tertiary/aromatic N) is 3. The molecule has 0 unspecified atom stereocenters. The number of aromatic nitrogens is 4. The topological polar surface area (TPSA) is 147 Å². The van der Waals surface area contributed by atoms with E-state index in [1.165, 1.54) is 27.1 Å². The molecule has 1 saturated heterocycles. The highest BCUT2D eigenvalue weighted by Gasteiger charge is 2.51. The van der Waals surface area contributed by atoms with E-state index in [-0.39, 0.29) is 11.2 Å². The van der Waals surface area contributed by atoms with Gasteiger partial charge in [0.1, 0.15) is 23.9 Å². The van der Waals surface area contributed by atoms with Crippen LogP contribution >= 0.6 is 12.2 Å². The van der Waals surface area contributed by atoms with E-state index >= 15 is 0 Å². The Kier molecular flexibility index (Phi) is 7.40. The van der Waals surface area contributed by atoms with E-state index in [2.05, 4.69) is 20.3 Å². The molecule has 0 saturated carbocycles. The molecule has 0 radical (unpaired) electrons. The fraction of sp³-hybridized carbons (Fsp3) is 0.579. The van der Waals surface area contributed by atoms with E-state index in [9.17, 15) is 14.4 Å². The molecular weight excluding hydrogens is 442 g/mol. The van der Waals surface area contributed by atoms with Crippen molar-refractivity contribution in [1.29, 1.82) is 0 Å². The highest BCUT2D eigenvalue weighted by Crippen LogP contribution is 2.38. The number of H-pyrrole nitrogens is 1. The number of esters is 3. The van der Waals surface area contributed by atoms with Crippen molar-refractivity contribution >= 4 is 47.2 Å². The van der Waals surface area contributed by atoms with Crippen molar-refractivity contribution in [2.75, 3.05) is 18.5 Å². The summed E-state index contributed by atoms with van der Waals surface area (Å²) in [6.45, 7) is 6.10. The van der Waals surface area contributed by atoms with Crippen LogP contribution in [0.15, 0.2) is 6.33 Å². The summed E-state index contributed by atoms with van der Waals surface area (Å²) in [5, 5.41) is 3.20. The molecular formula is C19H25N5O7S. The number of hydrogen-bond donors (Lipinski definition) is 2. The SMILES string of the molecule is CCCNc1nc2c(=S)nc[nH]c2n1[C@@H]1O[C@H](COC(C)=O)[C@@H](OC(C)=O)[C@H]1OC(C)=O. The minimum absolute atomic E-state index is 0.205. The lowest BCUT2D eigenvalue weighted by Crippen LogP contribution is -2.40. The van der Waals surface area contributed by atoms with Crippen molar-refractivity contribution in [2.24, 2.45) is 0 Å². The molecule has 3 heterocycles. The van der Waals surface area contributed by atoms with Gasteiger partial charge in [0.05, 0.1) is 6.33 Å². The molecule has 0 aromatic carbocycles. The molecule has 2 N–H and O–H groups in total. The Labute approximate surface area is 188 Å². The molecule has 1 aliphatic heterocycles. The van der Waals surface area contributed by atoms with E-state index in [0.29, 0.717) is 23.7 Å². The van der Waals surface area contributed by atoms with Gasteiger partial charge in [0, 0.05) is 27.3 Å². The summed E-state index contributed by atoms with van der Waals surface area (Å²) in [7, 11) is 0. The maximum absolute atomic E-state index is 11.9. The van der Waals surface area contributed by atoms with Crippen LogP contribution in [0.25, 0.3) is 11.2 Å². The monoisotopic (exact) mass is 467 g/mol. The second-order valence-electron chi connectivity index (χ2n) is 7.15. The molecule has 174 valence electrons. The standard InChI is InChI=1S/C19H25N5O7S/c1-5-6-20-19-23-13-16(21-8-22-17(13)32)24(19)18-15(30-11(4)27)14(29-10(3)26)12(31-18)7-28-9(2)25/h8,12,14-15,18H,5-7H2,1-4H3,(H,20,23)(H,21,22,32)/t12-,14-,15-,18-/m1/s1. The normalized spacial score (nSPS) is 22.5. The average Bonchev–Trinajstić information content (AvgIpc) is 3.23. The van der Waals surface area contributed by atoms with Gasteiger partial charge in [0.15, 0.2) is 23.1 Å². The fourth-order valence-corrected chi connectivity index (χ4v) is 3.64. The van der Waals surface area contributed by atoms with Crippen molar-refractivity contribution in [2.45, 2.75) is 58.7 Å². The summed E-state index contributed by atoms with van der Waals surface area (Å²) in [6, 6.07) is 0. The van der Waals surface area contributed by atoms with Gasteiger partial charge in [0.2, 0.25) is 5.95 Å². The Hall–Kier alpha value is -3.06. The quantitative estimate of drug-likeness (QED) is 0.332. The van der Waals surface area contributed by atoms with Crippen molar-refractivity contribution in [3.63, 3.8) is 0 Å². The van der Waals surface area contributed by atoms with E-state index in [4.69, 9.17) is 31.2 Å². The van der Waals surface area contributed by atoms with Gasteiger partial charge in [-0.1, -0.05) is 19.1 Å². The first-order chi connectivity index (χ1) is 15.2. The Bertz CT molecular complexity index is 1070. The second kappa shape index (κ2) is 10.0. The highest BCUT2D eigenvalue weighted by molar-refractivity contribution is 7.71. The first-order valence-corrected chi connectivity index (χ1v) is 10.5. The molecule has 2 aromatic heterocycles. The number of nitrogens with one attached hydrogen (secondary N) is 2. The smallest absolute Gasteiger partial charge is 0.303 e. The van der Waals surface area contributed by atoms with Crippen molar-refractivity contribution in [3.8, 4) is 0 Å². The Morgan fingerprint density at radius 2 is 1.88 bits per heavy atom. The number of anilines is 1. The molecule has 4 atom stereocenters. The summed E-state index contributed by atoms with van der Waals surface area (Å²) in [4.78, 5) is 46.7. The number of fused-ring (bicyclic) bond motifs is 1. The van der Waals surface area contributed by atoms with Gasteiger partial charge in [-0.3, -0.25) is 19.0 Å². The number of imidazole rings is 1. The largest absolute Gasteiger partial charge is 0.463 e. The van der Waals surface area contributed by atoms with Crippen molar-refractivity contribution < 1.29 is 33.3 Å².